The Morgan fingerprint density at radius 2 is 1.13 bits per heavy atom. The zero-order valence-corrected chi connectivity index (χ0v) is 30.3. The molecule has 0 radical (unpaired) electrons. The third-order valence-electron chi connectivity index (χ3n) is 13.7. The second-order valence-electron chi connectivity index (χ2n) is 18.1. The van der Waals surface area contributed by atoms with Crippen LogP contribution in [0, 0.1) is 35.5 Å². The van der Waals surface area contributed by atoms with Gasteiger partial charge in [-0.2, -0.15) is 0 Å². The maximum Gasteiger partial charge on any atom is 0.100 e. The summed E-state index contributed by atoms with van der Waals surface area (Å²) in [5.41, 5.74) is 2.76. The fourth-order valence-corrected chi connectivity index (χ4v) is 19.8. The minimum Gasteiger partial charge on any atom is -0.242 e. The third kappa shape index (κ3) is 4.95. The lowest BCUT2D eigenvalue weighted by Crippen LogP contribution is -2.58. The van der Waals surface area contributed by atoms with Gasteiger partial charge in [0.25, 0.3) is 0 Å². The van der Waals surface area contributed by atoms with E-state index in [1.54, 1.807) is 5.30 Å². The molecule has 2 unspecified atom stereocenters. The molecule has 0 heterocycles. The van der Waals surface area contributed by atoms with Gasteiger partial charge in [0.1, 0.15) is 11.0 Å². The van der Waals surface area contributed by atoms with Gasteiger partial charge in [-0.15, -0.1) is 0 Å². The quantitative estimate of drug-likeness (QED) is 0.233. The van der Waals surface area contributed by atoms with Gasteiger partial charge in [0.2, 0.25) is 0 Å². The smallest absolute Gasteiger partial charge is 0.100 e. The Labute approximate surface area is 281 Å². The molecule has 244 valence electrons. The number of rotatable bonds is 7. The van der Waals surface area contributed by atoms with Crippen LogP contribution < -0.4 is 5.30 Å². The van der Waals surface area contributed by atoms with E-state index < -0.39 is 11.0 Å². The molecule has 8 saturated carbocycles. The molecule has 8 aliphatic rings. The summed E-state index contributed by atoms with van der Waals surface area (Å²) in [4.78, 5) is 0. The van der Waals surface area contributed by atoms with E-state index in [2.05, 4.69) is 98.9 Å². The van der Waals surface area contributed by atoms with Gasteiger partial charge in [0.15, 0.2) is 0 Å². The number of hydrogen-bond acceptors (Lipinski definition) is 1. The molecule has 0 aliphatic heterocycles. The Balaban J connectivity index is 1.25. The molecule has 4 heteroatoms. The topological polar surface area (TPSA) is 20.3 Å². The van der Waals surface area contributed by atoms with Gasteiger partial charge in [-0.25, -0.2) is 8.51 Å². The molecule has 0 saturated heterocycles. The zero-order chi connectivity index (χ0) is 31.4. The Morgan fingerprint density at radius 1 is 0.674 bits per heavy atom. The first-order valence-electron chi connectivity index (χ1n) is 18.6. The fourth-order valence-electron chi connectivity index (χ4n) is 13.1. The lowest BCUT2D eigenvalue weighted by atomic mass is 9.55. The van der Waals surface area contributed by atoms with Gasteiger partial charge >= 0.3 is 0 Å². The predicted molar refractivity (Wildman–Crippen MR) is 196 cm³/mol. The summed E-state index contributed by atoms with van der Waals surface area (Å²) in [5.74, 6) is 5.78. The monoisotopic (exact) mass is 651 g/mol. The first-order valence-corrected chi connectivity index (χ1v) is 21.1. The molecule has 8 fully saturated rings. The summed E-state index contributed by atoms with van der Waals surface area (Å²) in [5, 5.41) is 5.27. The van der Waals surface area contributed by atoms with Crippen LogP contribution in [0.2, 0.25) is 0 Å². The van der Waals surface area contributed by atoms with Gasteiger partial charge in [-0.3, -0.25) is 0 Å². The van der Waals surface area contributed by atoms with E-state index in [4.69, 9.17) is 0 Å². The first-order chi connectivity index (χ1) is 22.1. The summed E-state index contributed by atoms with van der Waals surface area (Å²) in [6.07, 6.45) is 18.0. The van der Waals surface area contributed by atoms with Crippen molar-refractivity contribution >= 4 is 35.0 Å². The molecular formula is C42H54NOPS. The van der Waals surface area contributed by atoms with Crippen LogP contribution in [-0.4, -0.2) is 30.6 Å². The minimum absolute atomic E-state index is 0.0336. The molecule has 0 spiro atoms. The standard InChI is InChI=1S/C42H54NOPS/c1-40(2,3)46(44)43(4)39(36-14-13-34-9-5-6-10-35(34)21-36)37-11-7-8-12-38(37)45(41-22-28-15-29(23-41)17-30(16-28)24-41)42-25-31-18-32(26-42)20-33(19-31)27-42/h5-14,21,28-33,39H,15-20,22-27H2,1-4H3. The second-order valence-corrected chi connectivity index (χ2v) is 23.4. The summed E-state index contributed by atoms with van der Waals surface area (Å²) < 4.78 is 16.3. The summed E-state index contributed by atoms with van der Waals surface area (Å²) in [6, 6.07) is 25.6. The molecule has 8 aliphatic carbocycles. The van der Waals surface area contributed by atoms with E-state index in [-0.39, 0.29) is 18.7 Å². The van der Waals surface area contributed by atoms with Crippen LogP contribution in [0.25, 0.3) is 10.8 Å². The molecule has 2 atom stereocenters. The van der Waals surface area contributed by atoms with Gasteiger partial charge in [0.05, 0.1) is 10.8 Å². The molecule has 0 amide bonds. The van der Waals surface area contributed by atoms with Crippen molar-refractivity contribution in [3.05, 3.63) is 77.9 Å². The lowest BCUT2D eigenvalue weighted by molar-refractivity contribution is 0.0195. The molecule has 3 aromatic carbocycles. The van der Waals surface area contributed by atoms with Gasteiger partial charge in [-0.1, -0.05) is 68.6 Å². The van der Waals surface area contributed by atoms with Crippen LogP contribution in [-0.2, 0) is 11.0 Å². The van der Waals surface area contributed by atoms with Crippen molar-refractivity contribution in [3.8, 4) is 0 Å². The average molecular weight is 652 g/mol. The van der Waals surface area contributed by atoms with Crippen LogP contribution in [0.1, 0.15) is 115 Å². The molecular weight excluding hydrogens is 598 g/mol. The minimum atomic E-state index is -1.15. The van der Waals surface area contributed by atoms with E-state index in [0.29, 0.717) is 10.3 Å². The molecule has 46 heavy (non-hydrogen) atoms. The highest BCUT2D eigenvalue weighted by Crippen LogP contribution is 2.78. The lowest BCUT2D eigenvalue weighted by Gasteiger charge is -2.67. The van der Waals surface area contributed by atoms with Crippen LogP contribution in [0.3, 0.4) is 0 Å². The molecule has 2 nitrogen and oxygen atoms in total. The number of nitrogens with zero attached hydrogens (tertiary/aromatic N) is 1. The van der Waals surface area contributed by atoms with Crippen molar-refractivity contribution in [2.45, 2.75) is 119 Å². The molecule has 8 bridgehead atoms. The van der Waals surface area contributed by atoms with Crippen molar-refractivity contribution < 1.29 is 4.21 Å². The van der Waals surface area contributed by atoms with Gasteiger partial charge in [0, 0.05) is 7.05 Å². The SMILES string of the molecule is CN(C(c1ccc2ccccc2c1)c1ccccc1P(C12CC3CC(CC(C3)C1)C2)C12CC3CC(CC(C3)C1)C2)S(=O)C(C)(C)C. The number of benzene rings is 3. The van der Waals surface area contributed by atoms with E-state index in [1.807, 2.05) is 0 Å². The Morgan fingerprint density at radius 3 is 1.63 bits per heavy atom. The maximum atomic E-state index is 14.4. The van der Waals surface area contributed by atoms with E-state index in [9.17, 15) is 4.21 Å². The van der Waals surface area contributed by atoms with Gasteiger partial charge in [-0.05, 0) is 177 Å². The number of hydrogen-bond donors (Lipinski definition) is 0. The van der Waals surface area contributed by atoms with Gasteiger partial charge < -0.3 is 0 Å². The first kappa shape index (κ1) is 30.5. The van der Waals surface area contributed by atoms with Crippen molar-refractivity contribution in [1.29, 1.82) is 0 Å². The highest BCUT2D eigenvalue weighted by atomic mass is 32.2. The highest BCUT2D eigenvalue weighted by molar-refractivity contribution is 7.84. The third-order valence-corrected chi connectivity index (χ3v) is 19.3. The van der Waals surface area contributed by atoms with Crippen LogP contribution in [0.4, 0.5) is 0 Å². The maximum absolute atomic E-state index is 14.4. The van der Waals surface area contributed by atoms with Crippen LogP contribution in [0.15, 0.2) is 66.7 Å². The fraction of sp³-hybridized carbons (Fsp3) is 0.619. The summed E-state index contributed by atoms with van der Waals surface area (Å²) in [6.45, 7) is 6.42. The molecule has 3 aromatic rings. The predicted octanol–water partition coefficient (Wildman–Crippen LogP) is 10.4. The zero-order valence-electron chi connectivity index (χ0n) is 28.6. The second kappa shape index (κ2) is 11.0. The Kier molecular flexibility index (Phi) is 7.29. The Bertz CT molecular complexity index is 1560. The molecule has 11 rings (SSSR count). The van der Waals surface area contributed by atoms with Crippen molar-refractivity contribution in [2.24, 2.45) is 35.5 Å². The van der Waals surface area contributed by atoms with E-state index >= 15 is 0 Å². The van der Waals surface area contributed by atoms with Crippen LogP contribution >= 0.6 is 7.92 Å². The number of fused-ring (bicyclic) bond motifs is 1. The summed E-state index contributed by atoms with van der Waals surface area (Å²) in [7, 11) is 0.620. The van der Waals surface area contributed by atoms with Crippen molar-refractivity contribution in [2.75, 3.05) is 7.05 Å². The van der Waals surface area contributed by atoms with Crippen LogP contribution in [0.5, 0.6) is 0 Å². The highest BCUT2D eigenvalue weighted by Gasteiger charge is 2.63. The average Bonchev–Trinajstić information content (AvgIpc) is 2.99. The Hall–Kier alpha value is -1.54. The van der Waals surface area contributed by atoms with E-state index in [0.717, 1.165) is 35.5 Å². The molecule has 0 aromatic heterocycles. The van der Waals surface area contributed by atoms with Crippen molar-refractivity contribution in [1.82, 2.24) is 4.31 Å². The summed E-state index contributed by atoms with van der Waals surface area (Å²) >= 11 is 0. The largest absolute Gasteiger partial charge is 0.242 e. The molecule has 0 N–H and O–H groups in total. The van der Waals surface area contributed by atoms with E-state index in [1.165, 1.54) is 98.9 Å². The van der Waals surface area contributed by atoms with Crippen molar-refractivity contribution in [3.63, 3.8) is 0 Å². The normalized spacial score (nSPS) is 38.0.